The number of aromatic nitrogens is 4. The van der Waals surface area contributed by atoms with Crippen molar-refractivity contribution >= 4 is 40.2 Å². The lowest BCUT2D eigenvalue weighted by molar-refractivity contribution is -0.140. The summed E-state index contributed by atoms with van der Waals surface area (Å²) in [5, 5.41) is 19.0. The first-order valence-corrected chi connectivity index (χ1v) is 13.5. The Morgan fingerprint density at radius 1 is 1.22 bits per heavy atom. The second-order valence-corrected chi connectivity index (χ2v) is 10.2. The number of nitrogens with zero attached hydrogens (tertiary/aromatic N) is 4. The van der Waals surface area contributed by atoms with Crippen LogP contribution in [0.1, 0.15) is 41.9 Å². The number of anilines is 1. The number of pyridine rings is 3. The molecular formula is C26H24F3N7O4S. The molecule has 0 spiro atoms. The molecular weight excluding hydrogens is 563 g/mol. The number of urea groups is 1. The Morgan fingerprint density at radius 2 is 2.02 bits per heavy atom. The lowest BCUT2D eigenvalue weighted by atomic mass is 10.0. The molecule has 1 fully saturated rings. The predicted octanol–water partition coefficient (Wildman–Crippen LogP) is 4.36. The number of rotatable bonds is 6. The van der Waals surface area contributed by atoms with Crippen LogP contribution in [0.2, 0.25) is 0 Å². The molecule has 2 amide bonds. The van der Waals surface area contributed by atoms with Crippen LogP contribution < -0.4 is 21.4 Å². The van der Waals surface area contributed by atoms with Gasteiger partial charge in [0.25, 0.3) is 0 Å². The van der Waals surface area contributed by atoms with Gasteiger partial charge in [-0.2, -0.15) is 13.2 Å². The number of carboxylic acid groups (broad SMARTS) is 1. The molecule has 4 N–H and O–H groups in total. The van der Waals surface area contributed by atoms with Crippen LogP contribution >= 0.6 is 11.3 Å². The van der Waals surface area contributed by atoms with Crippen molar-refractivity contribution in [1.29, 1.82) is 0 Å². The standard InChI is InChI=1S/C26H24F3N7O4S/c1-2-31-25(40)35-20-7-15(23-34-19(12-41-23)26(27,28)29)17(10-32-20)13-6-16-21(37)18(24(38)39)11-36(22(16)33-8-13)14-4-3-5-30-9-14/h6-8,10-12,14,30H,2-5,9H2,1H3,(H,38,39)(H2,31,32,35,40). The zero-order valence-corrected chi connectivity index (χ0v) is 22.4. The molecule has 4 aromatic rings. The van der Waals surface area contributed by atoms with Gasteiger partial charge in [0.2, 0.25) is 5.43 Å². The highest BCUT2D eigenvalue weighted by molar-refractivity contribution is 7.13. The maximum Gasteiger partial charge on any atom is 0.434 e. The molecule has 0 saturated carbocycles. The summed E-state index contributed by atoms with van der Waals surface area (Å²) in [5.41, 5.74) is -1.15. The van der Waals surface area contributed by atoms with Crippen molar-refractivity contribution in [3.8, 4) is 21.7 Å². The minimum atomic E-state index is -4.67. The third-order valence-electron chi connectivity index (χ3n) is 6.58. The van der Waals surface area contributed by atoms with Gasteiger partial charge in [-0.15, -0.1) is 11.3 Å². The van der Waals surface area contributed by atoms with E-state index in [0.717, 1.165) is 36.1 Å². The van der Waals surface area contributed by atoms with Gasteiger partial charge in [-0.1, -0.05) is 0 Å². The largest absolute Gasteiger partial charge is 0.477 e. The average molecular weight is 588 g/mol. The number of hydrogen-bond acceptors (Lipinski definition) is 8. The molecule has 41 heavy (non-hydrogen) atoms. The Morgan fingerprint density at radius 3 is 2.68 bits per heavy atom. The first kappa shape index (κ1) is 28.2. The van der Waals surface area contributed by atoms with E-state index in [4.69, 9.17) is 0 Å². The van der Waals surface area contributed by atoms with Crippen LogP contribution in [0, 0.1) is 0 Å². The van der Waals surface area contributed by atoms with Crippen LogP contribution in [0.4, 0.5) is 23.8 Å². The van der Waals surface area contributed by atoms with Crippen molar-refractivity contribution < 1.29 is 27.9 Å². The molecule has 0 bridgehead atoms. The highest BCUT2D eigenvalue weighted by Crippen LogP contribution is 2.38. The minimum absolute atomic E-state index is 0.00116. The summed E-state index contributed by atoms with van der Waals surface area (Å²) in [5.74, 6) is -1.32. The van der Waals surface area contributed by atoms with E-state index in [2.05, 4.69) is 30.9 Å². The molecule has 11 nitrogen and oxygen atoms in total. The highest BCUT2D eigenvalue weighted by Gasteiger charge is 2.34. The summed E-state index contributed by atoms with van der Waals surface area (Å²) in [6.45, 7) is 3.45. The van der Waals surface area contributed by atoms with E-state index in [1.165, 1.54) is 30.7 Å². The van der Waals surface area contributed by atoms with Gasteiger partial charge < -0.3 is 20.3 Å². The van der Waals surface area contributed by atoms with E-state index >= 15 is 0 Å². The molecule has 0 aliphatic carbocycles. The zero-order valence-electron chi connectivity index (χ0n) is 21.6. The lowest BCUT2D eigenvalue weighted by Crippen LogP contribution is -2.33. The summed E-state index contributed by atoms with van der Waals surface area (Å²) in [7, 11) is 0. The van der Waals surface area contributed by atoms with E-state index in [-0.39, 0.29) is 39.0 Å². The molecule has 1 atom stereocenters. The van der Waals surface area contributed by atoms with E-state index in [1.807, 2.05) is 0 Å². The quantitative estimate of drug-likeness (QED) is 0.260. The summed E-state index contributed by atoms with van der Waals surface area (Å²) < 4.78 is 41.8. The highest BCUT2D eigenvalue weighted by atomic mass is 32.1. The van der Waals surface area contributed by atoms with Crippen LogP contribution in [0.25, 0.3) is 32.7 Å². The fraction of sp³-hybridized carbons (Fsp3) is 0.308. The molecule has 1 aliphatic heterocycles. The SMILES string of the molecule is CCNC(=O)Nc1cc(-c2nc(C(F)(F)F)cs2)c(-c2cnc3c(c2)c(=O)c(C(=O)O)cn3C2CCCNC2)cn1. The lowest BCUT2D eigenvalue weighted by Gasteiger charge is -2.27. The molecule has 4 aromatic heterocycles. The smallest absolute Gasteiger partial charge is 0.434 e. The van der Waals surface area contributed by atoms with Crippen molar-refractivity contribution in [1.82, 2.24) is 30.2 Å². The number of nitrogens with one attached hydrogen (secondary N) is 3. The first-order chi connectivity index (χ1) is 19.6. The van der Waals surface area contributed by atoms with Crippen LogP contribution in [0.3, 0.4) is 0 Å². The average Bonchev–Trinajstić information content (AvgIpc) is 3.45. The van der Waals surface area contributed by atoms with Gasteiger partial charge in [-0.05, 0) is 38.4 Å². The second-order valence-electron chi connectivity index (χ2n) is 9.31. The van der Waals surface area contributed by atoms with Crippen molar-refractivity contribution in [3.63, 3.8) is 0 Å². The molecule has 15 heteroatoms. The summed E-state index contributed by atoms with van der Waals surface area (Å²) in [4.78, 5) is 49.7. The van der Waals surface area contributed by atoms with Crippen molar-refractivity contribution in [2.45, 2.75) is 32.0 Å². The summed E-state index contributed by atoms with van der Waals surface area (Å²) in [6.07, 6.45) is 1.04. The van der Waals surface area contributed by atoms with E-state index in [0.29, 0.717) is 18.7 Å². The number of piperidine rings is 1. The summed E-state index contributed by atoms with van der Waals surface area (Å²) in [6, 6.07) is 2.16. The molecule has 214 valence electrons. The number of halogens is 3. The van der Waals surface area contributed by atoms with Crippen LogP contribution in [0.5, 0.6) is 0 Å². The maximum absolute atomic E-state index is 13.4. The maximum atomic E-state index is 13.4. The van der Waals surface area contributed by atoms with Gasteiger partial charge in [0, 0.05) is 59.8 Å². The molecule has 5 heterocycles. The van der Waals surface area contributed by atoms with Crippen molar-refractivity contribution in [2.75, 3.05) is 25.0 Å². The molecule has 5 rings (SSSR count). The number of amides is 2. The van der Waals surface area contributed by atoms with E-state index in [1.54, 1.807) is 11.5 Å². The van der Waals surface area contributed by atoms with Crippen LogP contribution in [-0.4, -0.2) is 56.3 Å². The first-order valence-electron chi connectivity index (χ1n) is 12.6. The Hall–Kier alpha value is -4.37. The molecule has 1 aliphatic rings. The number of alkyl halides is 3. The molecule has 0 radical (unpaired) electrons. The van der Waals surface area contributed by atoms with E-state index < -0.39 is 34.9 Å². The van der Waals surface area contributed by atoms with Gasteiger partial charge >= 0.3 is 18.2 Å². The van der Waals surface area contributed by atoms with Gasteiger partial charge in [0.05, 0.1) is 5.39 Å². The van der Waals surface area contributed by atoms with Gasteiger partial charge in [-0.25, -0.2) is 24.5 Å². The number of fused-ring (bicyclic) bond motifs is 1. The summed E-state index contributed by atoms with van der Waals surface area (Å²) >= 11 is 0.752. The van der Waals surface area contributed by atoms with Gasteiger partial charge in [0.1, 0.15) is 22.0 Å². The third kappa shape index (κ3) is 5.76. The topological polar surface area (TPSA) is 151 Å². The number of carboxylic acids is 1. The monoisotopic (exact) mass is 587 g/mol. The zero-order chi connectivity index (χ0) is 29.3. The Labute approximate surface area is 234 Å². The number of thiazole rings is 1. The Kier molecular flexibility index (Phi) is 7.73. The molecule has 1 unspecified atom stereocenters. The fourth-order valence-corrected chi connectivity index (χ4v) is 5.52. The van der Waals surface area contributed by atoms with Crippen LogP contribution in [0.15, 0.2) is 40.9 Å². The molecule has 1 saturated heterocycles. The van der Waals surface area contributed by atoms with Crippen LogP contribution in [-0.2, 0) is 6.18 Å². The van der Waals surface area contributed by atoms with E-state index in [9.17, 15) is 32.7 Å². The number of hydrogen-bond donors (Lipinski definition) is 4. The van der Waals surface area contributed by atoms with Gasteiger partial charge in [0.15, 0.2) is 5.69 Å². The van der Waals surface area contributed by atoms with Gasteiger partial charge in [-0.3, -0.25) is 10.1 Å². The fourth-order valence-electron chi connectivity index (χ4n) is 4.66. The van der Waals surface area contributed by atoms with Crippen molar-refractivity contribution in [2.24, 2.45) is 0 Å². The third-order valence-corrected chi connectivity index (χ3v) is 7.46. The second kappa shape index (κ2) is 11.2. The van der Waals surface area contributed by atoms with Crippen molar-refractivity contribution in [3.05, 3.63) is 57.6 Å². The molecule has 0 aromatic carbocycles. The number of carbonyl (C=O) groups excluding carboxylic acids is 1. The normalized spacial score (nSPS) is 15.6. The minimum Gasteiger partial charge on any atom is -0.477 e. The Bertz CT molecular complexity index is 1700. The number of aromatic carboxylic acids is 1. The Balaban J connectivity index is 1.68. The predicted molar refractivity (Wildman–Crippen MR) is 146 cm³/mol. The number of carbonyl (C=O) groups is 2.